The van der Waals surface area contributed by atoms with E-state index < -0.39 is 6.61 Å². The minimum Gasteiger partial charge on any atom is -0.435 e. The molecule has 118 valence electrons. The van der Waals surface area contributed by atoms with Crippen LogP contribution in [0.3, 0.4) is 0 Å². The molecule has 0 unspecified atom stereocenters. The molecule has 0 saturated carbocycles. The maximum atomic E-state index is 12.1. The van der Waals surface area contributed by atoms with E-state index in [4.69, 9.17) is 11.6 Å². The molecule has 0 spiro atoms. The minimum atomic E-state index is -2.88. The van der Waals surface area contributed by atoms with Gasteiger partial charge in [-0.2, -0.15) is 13.9 Å². The second-order valence-corrected chi connectivity index (χ2v) is 5.07. The number of halogens is 3. The van der Waals surface area contributed by atoms with Crippen molar-refractivity contribution >= 4 is 23.2 Å². The first-order chi connectivity index (χ1) is 10.3. The van der Waals surface area contributed by atoms with E-state index in [-0.39, 0.29) is 18.2 Å². The lowest BCUT2D eigenvalue weighted by Gasteiger charge is -2.11. The summed E-state index contributed by atoms with van der Waals surface area (Å²) in [5.41, 5.74) is 1.77. The van der Waals surface area contributed by atoms with E-state index in [1.807, 2.05) is 0 Å². The van der Waals surface area contributed by atoms with E-state index in [0.29, 0.717) is 22.0 Å². The normalized spacial score (nSPS) is 10.8. The maximum absolute atomic E-state index is 12.1. The lowest BCUT2D eigenvalue weighted by Crippen LogP contribution is -2.19. The van der Waals surface area contributed by atoms with Crippen LogP contribution in [0.25, 0.3) is 0 Å². The van der Waals surface area contributed by atoms with E-state index in [2.05, 4.69) is 15.2 Å². The molecule has 8 heteroatoms. The second kappa shape index (κ2) is 6.74. The number of nitrogens with one attached hydrogen (secondary N) is 1. The molecule has 0 radical (unpaired) electrons. The third-order valence-electron chi connectivity index (χ3n) is 2.89. The van der Waals surface area contributed by atoms with E-state index >= 15 is 0 Å². The summed E-state index contributed by atoms with van der Waals surface area (Å²) in [6.45, 7) is 0.543. The maximum Gasteiger partial charge on any atom is 0.387 e. The zero-order valence-electron chi connectivity index (χ0n) is 11.9. The Morgan fingerprint density at radius 2 is 2.18 bits per heavy atom. The molecule has 22 heavy (non-hydrogen) atoms. The number of amides is 1. The Kier molecular flexibility index (Phi) is 4.97. The molecule has 0 aliphatic rings. The third kappa shape index (κ3) is 4.17. The van der Waals surface area contributed by atoms with Crippen LogP contribution in [0.1, 0.15) is 11.3 Å². The number of hydrogen-bond donors (Lipinski definition) is 1. The molecule has 1 N–H and O–H groups in total. The summed E-state index contributed by atoms with van der Waals surface area (Å²) in [6.07, 6.45) is 1.56. The summed E-state index contributed by atoms with van der Waals surface area (Å²) < 4.78 is 30.0. The van der Waals surface area contributed by atoms with E-state index in [1.54, 1.807) is 20.0 Å². The molecule has 0 atom stereocenters. The topological polar surface area (TPSA) is 56.1 Å². The molecule has 5 nitrogen and oxygen atoms in total. The van der Waals surface area contributed by atoms with E-state index in [0.717, 1.165) is 0 Å². The van der Waals surface area contributed by atoms with Crippen LogP contribution in [-0.4, -0.2) is 22.3 Å². The van der Waals surface area contributed by atoms with Crippen molar-refractivity contribution in [3.63, 3.8) is 0 Å². The lowest BCUT2D eigenvalue weighted by atomic mass is 10.2. The summed E-state index contributed by atoms with van der Waals surface area (Å²) >= 11 is 5.87. The van der Waals surface area contributed by atoms with Crippen molar-refractivity contribution in [2.24, 2.45) is 0 Å². The minimum absolute atomic E-state index is 0.00227. The fourth-order valence-electron chi connectivity index (χ4n) is 1.86. The first kappa shape index (κ1) is 16.2. The number of rotatable bonds is 5. The van der Waals surface area contributed by atoms with Crippen molar-refractivity contribution in [2.45, 2.75) is 27.0 Å². The van der Waals surface area contributed by atoms with Gasteiger partial charge >= 0.3 is 6.61 Å². The summed E-state index contributed by atoms with van der Waals surface area (Å²) in [4.78, 5) is 12.0. The highest BCUT2D eigenvalue weighted by atomic mass is 35.5. The predicted octanol–water partition coefficient (Wildman–Crippen LogP) is 3.39. The molecule has 1 amide bonds. The number of nitrogens with zero attached hydrogens (tertiary/aromatic N) is 2. The number of anilines is 1. The molecule has 2 rings (SSSR count). The number of benzene rings is 1. The van der Waals surface area contributed by atoms with Crippen molar-refractivity contribution < 1.29 is 18.3 Å². The Morgan fingerprint density at radius 1 is 1.45 bits per heavy atom. The van der Waals surface area contributed by atoms with Gasteiger partial charge < -0.3 is 10.1 Å². The molecule has 0 aliphatic heterocycles. The Labute approximate surface area is 130 Å². The third-order valence-corrected chi connectivity index (χ3v) is 3.26. The van der Waals surface area contributed by atoms with Crippen molar-refractivity contribution in [3.8, 4) is 5.75 Å². The fourth-order valence-corrected chi connectivity index (χ4v) is 2.01. The quantitative estimate of drug-likeness (QED) is 0.914. The molecule has 0 bridgehead atoms. The number of hydrogen-bond acceptors (Lipinski definition) is 3. The van der Waals surface area contributed by atoms with Crippen molar-refractivity contribution in [1.82, 2.24) is 9.78 Å². The first-order valence-electron chi connectivity index (χ1n) is 6.40. The summed E-state index contributed by atoms with van der Waals surface area (Å²) in [7, 11) is 0. The van der Waals surface area contributed by atoms with Gasteiger partial charge in [-0.25, -0.2) is 0 Å². The highest BCUT2D eigenvalue weighted by Crippen LogP contribution is 2.22. The molecule has 1 heterocycles. The Bertz CT molecular complexity index is 669. The zero-order chi connectivity index (χ0) is 16.3. The lowest BCUT2D eigenvalue weighted by molar-refractivity contribution is -0.116. The van der Waals surface area contributed by atoms with Crippen LogP contribution in [0.15, 0.2) is 24.4 Å². The van der Waals surface area contributed by atoms with E-state index in [9.17, 15) is 13.6 Å². The zero-order valence-corrected chi connectivity index (χ0v) is 12.7. The standard InChI is InChI=1S/C14H14ClF2N3O2/c1-8-5-10(22-14(16)17)3-4-12(8)18-13(21)7-20-6-11(15)9(2)19-20/h3-6,14H,7H2,1-2H3,(H,18,21). The smallest absolute Gasteiger partial charge is 0.387 e. The van der Waals surface area contributed by atoms with Crippen LogP contribution in [0, 0.1) is 13.8 Å². The van der Waals surface area contributed by atoms with Crippen molar-refractivity contribution in [2.75, 3.05) is 5.32 Å². The van der Waals surface area contributed by atoms with Crippen molar-refractivity contribution in [1.29, 1.82) is 0 Å². The second-order valence-electron chi connectivity index (χ2n) is 4.66. The van der Waals surface area contributed by atoms with Crippen LogP contribution in [-0.2, 0) is 11.3 Å². The highest BCUT2D eigenvalue weighted by Gasteiger charge is 2.10. The number of aryl methyl sites for hydroxylation is 2. The molecule has 2 aromatic rings. The Morgan fingerprint density at radius 3 is 2.73 bits per heavy atom. The molecule has 0 aliphatic carbocycles. The van der Waals surface area contributed by atoms with Gasteiger partial charge in [-0.05, 0) is 37.6 Å². The van der Waals surface area contributed by atoms with Crippen LogP contribution in [0.2, 0.25) is 5.02 Å². The molecule has 0 fully saturated rings. The van der Waals surface area contributed by atoms with Gasteiger partial charge in [0.15, 0.2) is 0 Å². The first-order valence-corrected chi connectivity index (χ1v) is 6.78. The molecule has 0 saturated heterocycles. The van der Waals surface area contributed by atoms with Gasteiger partial charge in [-0.15, -0.1) is 0 Å². The number of carbonyl (C=O) groups excluding carboxylic acids is 1. The van der Waals surface area contributed by atoms with Crippen LogP contribution >= 0.6 is 11.6 Å². The van der Waals surface area contributed by atoms with Gasteiger partial charge in [-0.3, -0.25) is 9.48 Å². The Balaban J connectivity index is 2.02. The van der Waals surface area contributed by atoms with Crippen molar-refractivity contribution in [3.05, 3.63) is 40.7 Å². The number of alkyl halides is 2. The average Bonchev–Trinajstić information content (AvgIpc) is 2.70. The number of aromatic nitrogens is 2. The van der Waals surface area contributed by atoms with Gasteiger partial charge in [0.05, 0.1) is 10.7 Å². The fraction of sp³-hybridized carbons (Fsp3) is 0.286. The highest BCUT2D eigenvalue weighted by molar-refractivity contribution is 6.31. The van der Waals surface area contributed by atoms with Crippen LogP contribution < -0.4 is 10.1 Å². The van der Waals surface area contributed by atoms with Gasteiger partial charge in [0.1, 0.15) is 12.3 Å². The summed E-state index contributed by atoms with van der Waals surface area (Å²) in [6, 6.07) is 4.30. The van der Waals surface area contributed by atoms with Gasteiger partial charge in [-0.1, -0.05) is 11.6 Å². The number of ether oxygens (including phenoxy) is 1. The SMILES string of the molecule is Cc1cc(OC(F)F)ccc1NC(=O)Cn1cc(Cl)c(C)n1. The summed E-state index contributed by atoms with van der Waals surface area (Å²) in [5, 5.41) is 7.25. The summed E-state index contributed by atoms with van der Waals surface area (Å²) in [5.74, 6) is -0.259. The number of carbonyl (C=O) groups is 1. The molecular formula is C14H14ClF2N3O2. The van der Waals surface area contributed by atoms with Gasteiger partial charge in [0.2, 0.25) is 5.91 Å². The monoisotopic (exact) mass is 329 g/mol. The van der Waals surface area contributed by atoms with E-state index in [1.165, 1.54) is 22.9 Å². The van der Waals surface area contributed by atoms with Gasteiger partial charge in [0.25, 0.3) is 0 Å². The average molecular weight is 330 g/mol. The van der Waals surface area contributed by atoms with Gasteiger partial charge in [0, 0.05) is 11.9 Å². The molecular weight excluding hydrogens is 316 g/mol. The largest absolute Gasteiger partial charge is 0.435 e. The van der Waals surface area contributed by atoms with Crippen LogP contribution in [0.4, 0.5) is 14.5 Å². The molecule has 1 aromatic carbocycles. The predicted molar refractivity (Wildman–Crippen MR) is 78.4 cm³/mol. The Hall–Kier alpha value is -2.15. The molecule has 1 aromatic heterocycles. The van der Waals surface area contributed by atoms with Crippen LogP contribution in [0.5, 0.6) is 5.75 Å².